The van der Waals surface area contributed by atoms with Gasteiger partial charge >= 0.3 is 0 Å². The van der Waals surface area contributed by atoms with E-state index in [0.717, 1.165) is 30.6 Å². The van der Waals surface area contributed by atoms with Crippen molar-refractivity contribution in [3.8, 4) is 17.1 Å². The van der Waals surface area contributed by atoms with E-state index in [9.17, 15) is 9.59 Å². The Hall–Kier alpha value is -3.48. The third kappa shape index (κ3) is 6.27. The fourth-order valence-corrected chi connectivity index (χ4v) is 2.93. The second kappa shape index (κ2) is 10.9. The number of H-pyrrole nitrogens is 1. The predicted octanol–water partition coefficient (Wildman–Crippen LogP) is 4.64. The number of ether oxygens (including phenoxy) is 1. The summed E-state index contributed by atoms with van der Waals surface area (Å²) in [5.41, 5.74) is 2.12. The van der Waals surface area contributed by atoms with Gasteiger partial charge in [-0.2, -0.15) is 5.10 Å². The monoisotopic (exact) mass is 406 g/mol. The minimum absolute atomic E-state index is 0.0663. The van der Waals surface area contributed by atoms with Crippen LogP contribution >= 0.6 is 0 Å². The van der Waals surface area contributed by atoms with E-state index >= 15 is 0 Å². The van der Waals surface area contributed by atoms with Gasteiger partial charge < -0.3 is 10.1 Å². The van der Waals surface area contributed by atoms with E-state index in [0.29, 0.717) is 23.7 Å². The largest absolute Gasteiger partial charge is 0.494 e. The average Bonchev–Trinajstić information content (AvgIpc) is 3.31. The molecule has 0 bridgehead atoms. The van der Waals surface area contributed by atoms with Crippen molar-refractivity contribution >= 4 is 17.4 Å². The molecule has 2 aromatic carbocycles. The van der Waals surface area contributed by atoms with Gasteiger partial charge in [0, 0.05) is 29.7 Å². The van der Waals surface area contributed by atoms with Gasteiger partial charge in [0.1, 0.15) is 12.1 Å². The first-order valence-electron chi connectivity index (χ1n) is 10.2. The van der Waals surface area contributed by atoms with Gasteiger partial charge in [-0.15, -0.1) is 0 Å². The van der Waals surface area contributed by atoms with Crippen molar-refractivity contribution in [2.24, 2.45) is 0 Å². The lowest BCUT2D eigenvalue weighted by Crippen LogP contribution is -2.13. The molecule has 0 aliphatic rings. The highest BCUT2D eigenvalue weighted by molar-refractivity contribution is 6.00. The number of carbonyl (C=O) groups is 2. The average molecular weight is 406 g/mol. The number of Topliss-reactive ketones (excluding diaryl/α,β-unsaturated/α-hetero) is 1. The van der Waals surface area contributed by atoms with Gasteiger partial charge in [0.05, 0.1) is 6.61 Å². The standard InChI is InChI=1S/C23H26N4O3/c1-2-3-4-15-30-20-11-7-17(8-12-20)21(28)13-14-22(29)26-19-9-5-18(6-10-19)23-24-16-25-27-23/h5-12,16H,2-4,13-15H2,1H3,(H,26,29)(H,24,25,27). The lowest BCUT2D eigenvalue weighted by Gasteiger charge is -2.07. The van der Waals surface area contributed by atoms with Crippen molar-refractivity contribution in [1.29, 1.82) is 0 Å². The molecule has 1 heterocycles. The van der Waals surface area contributed by atoms with Crippen LogP contribution in [-0.4, -0.2) is 33.5 Å². The zero-order chi connectivity index (χ0) is 21.2. The van der Waals surface area contributed by atoms with E-state index in [2.05, 4.69) is 27.4 Å². The molecule has 1 aromatic heterocycles. The summed E-state index contributed by atoms with van der Waals surface area (Å²) < 4.78 is 5.65. The Morgan fingerprint density at radius 3 is 2.43 bits per heavy atom. The molecule has 0 radical (unpaired) electrons. The number of amides is 1. The van der Waals surface area contributed by atoms with E-state index < -0.39 is 0 Å². The highest BCUT2D eigenvalue weighted by Crippen LogP contribution is 2.18. The lowest BCUT2D eigenvalue weighted by atomic mass is 10.1. The SMILES string of the molecule is CCCCCOc1ccc(C(=O)CCC(=O)Nc2ccc(-c3ncn[nH]3)cc2)cc1. The molecule has 0 saturated heterocycles. The molecule has 0 fully saturated rings. The summed E-state index contributed by atoms with van der Waals surface area (Å²) >= 11 is 0. The highest BCUT2D eigenvalue weighted by Gasteiger charge is 2.10. The Bertz CT molecular complexity index is 936. The maximum absolute atomic E-state index is 12.4. The Kier molecular flexibility index (Phi) is 7.71. The molecule has 7 heteroatoms. The molecule has 7 nitrogen and oxygen atoms in total. The first-order valence-corrected chi connectivity index (χ1v) is 10.2. The summed E-state index contributed by atoms with van der Waals surface area (Å²) in [6.07, 6.45) is 5.03. The van der Waals surface area contributed by atoms with Crippen molar-refractivity contribution in [3.63, 3.8) is 0 Å². The van der Waals surface area contributed by atoms with Gasteiger partial charge in [0.2, 0.25) is 5.91 Å². The van der Waals surface area contributed by atoms with Crippen molar-refractivity contribution in [3.05, 3.63) is 60.4 Å². The zero-order valence-electron chi connectivity index (χ0n) is 17.1. The molecule has 0 aliphatic carbocycles. The van der Waals surface area contributed by atoms with E-state index in [1.165, 1.54) is 6.33 Å². The van der Waals surface area contributed by atoms with Crippen LogP contribution in [0.3, 0.4) is 0 Å². The molecule has 0 unspecified atom stereocenters. The Morgan fingerprint density at radius 2 is 1.77 bits per heavy atom. The van der Waals surface area contributed by atoms with Crippen molar-refractivity contribution in [2.75, 3.05) is 11.9 Å². The number of benzene rings is 2. The number of nitrogens with zero attached hydrogens (tertiary/aromatic N) is 2. The second-order valence-corrected chi connectivity index (χ2v) is 6.96. The van der Waals surface area contributed by atoms with Gasteiger partial charge in [-0.3, -0.25) is 14.7 Å². The molecule has 1 amide bonds. The van der Waals surface area contributed by atoms with Crippen LogP contribution in [0.25, 0.3) is 11.4 Å². The topological polar surface area (TPSA) is 97.0 Å². The van der Waals surface area contributed by atoms with Crippen LogP contribution in [0.4, 0.5) is 5.69 Å². The Morgan fingerprint density at radius 1 is 1.00 bits per heavy atom. The fourth-order valence-electron chi connectivity index (χ4n) is 2.93. The molecule has 2 N–H and O–H groups in total. The molecular weight excluding hydrogens is 380 g/mol. The van der Waals surface area contributed by atoms with Crippen molar-refractivity contribution in [1.82, 2.24) is 15.2 Å². The number of unbranched alkanes of at least 4 members (excludes halogenated alkanes) is 2. The summed E-state index contributed by atoms with van der Waals surface area (Å²) in [6, 6.07) is 14.4. The van der Waals surface area contributed by atoms with Crippen molar-refractivity contribution < 1.29 is 14.3 Å². The molecule has 0 saturated carbocycles. The molecule has 0 atom stereocenters. The second-order valence-electron chi connectivity index (χ2n) is 6.96. The fraction of sp³-hybridized carbons (Fsp3) is 0.304. The number of aromatic amines is 1. The maximum atomic E-state index is 12.4. The minimum Gasteiger partial charge on any atom is -0.494 e. The van der Waals surface area contributed by atoms with Crippen LogP contribution in [-0.2, 0) is 4.79 Å². The first-order chi connectivity index (χ1) is 14.7. The Labute approximate surface area is 175 Å². The number of hydrogen-bond acceptors (Lipinski definition) is 5. The number of nitrogens with one attached hydrogen (secondary N) is 2. The molecular formula is C23H26N4O3. The smallest absolute Gasteiger partial charge is 0.224 e. The number of anilines is 1. The predicted molar refractivity (Wildman–Crippen MR) is 115 cm³/mol. The van der Waals surface area contributed by atoms with Crippen LogP contribution in [0.1, 0.15) is 49.4 Å². The van der Waals surface area contributed by atoms with Gasteiger partial charge in [0.25, 0.3) is 0 Å². The quantitative estimate of drug-likeness (QED) is 0.357. The van der Waals surface area contributed by atoms with E-state index in [-0.39, 0.29) is 24.5 Å². The van der Waals surface area contributed by atoms with E-state index in [1.54, 1.807) is 36.4 Å². The summed E-state index contributed by atoms with van der Waals surface area (Å²) in [4.78, 5) is 28.6. The van der Waals surface area contributed by atoms with Crippen LogP contribution in [0.5, 0.6) is 5.75 Å². The number of rotatable bonds is 11. The van der Waals surface area contributed by atoms with Gasteiger partial charge in [-0.1, -0.05) is 19.8 Å². The third-order valence-corrected chi connectivity index (χ3v) is 4.63. The van der Waals surface area contributed by atoms with Gasteiger partial charge in [-0.05, 0) is 55.0 Å². The minimum atomic E-state index is -0.202. The van der Waals surface area contributed by atoms with Crippen LogP contribution < -0.4 is 10.1 Å². The van der Waals surface area contributed by atoms with Crippen LogP contribution in [0.15, 0.2) is 54.9 Å². The normalized spacial score (nSPS) is 10.6. The van der Waals surface area contributed by atoms with Crippen LogP contribution in [0, 0.1) is 0 Å². The van der Waals surface area contributed by atoms with E-state index in [1.807, 2.05) is 12.1 Å². The highest BCUT2D eigenvalue weighted by atomic mass is 16.5. The molecule has 3 rings (SSSR count). The third-order valence-electron chi connectivity index (χ3n) is 4.63. The molecule has 0 aliphatic heterocycles. The van der Waals surface area contributed by atoms with Gasteiger partial charge in [0.15, 0.2) is 11.6 Å². The summed E-state index contributed by atoms with van der Waals surface area (Å²) in [5, 5.41) is 9.41. The summed E-state index contributed by atoms with van der Waals surface area (Å²) in [6.45, 7) is 2.83. The number of ketones is 1. The lowest BCUT2D eigenvalue weighted by molar-refractivity contribution is -0.116. The molecule has 0 spiro atoms. The van der Waals surface area contributed by atoms with Crippen molar-refractivity contribution in [2.45, 2.75) is 39.0 Å². The van der Waals surface area contributed by atoms with E-state index in [4.69, 9.17) is 4.74 Å². The number of aromatic nitrogens is 3. The zero-order valence-corrected chi connectivity index (χ0v) is 17.1. The molecule has 156 valence electrons. The summed E-state index contributed by atoms with van der Waals surface area (Å²) in [5.74, 6) is 1.15. The Balaban J connectivity index is 1.43. The first kappa shape index (κ1) is 21.2. The van der Waals surface area contributed by atoms with Gasteiger partial charge in [-0.25, -0.2) is 4.98 Å². The summed E-state index contributed by atoms with van der Waals surface area (Å²) in [7, 11) is 0. The van der Waals surface area contributed by atoms with Crippen LogP contribution in [0.2, 0.25) is 0 Å². The maximum Gasteiger partial charge on any atom is 0.224 e. The molecule has 3 aromatic rings. The molecule has 30 heavy (non-hydrogen) atoms. The number of hydrogen-bond donors (Lipinski definition) is 2. The number of carbonyl (C=O) groups excluding carboxylic acids is 2.